The number of hydrogen-bond donors (Lipinski definition) is 1. The molecule has 1 aliphatic rings. The van der Waals surface area contributed by atoms with Gasteiger partial charge < -0.3 is 10.5 Å². The topological polar surface area (TPSA) is 78.4 Å². The first-order chi connectivity index (χ1) is 8.52. The van der Waals surface area contributed by atoms with Crippen LogP contribution < -0.4 is 5.73 Å². The van der Waals surface area contributed by atoms with Crippen LogP contribution in [-0.4, -0.2) is 23.7 Å². The lowest BCUT2D eigenvalue weighted by atomic mass is 9.83. The van der Waals surface area contributed by atoms with Crippen LogP contribution in [0, 0.1) is 17.0 Å². The molecule has 0 bridgehead atoms. The third-order valence-corrected chi connectivity index (χ3v) is 3.65. The van der Waals surface area contributed by atoms with Crippen LogP contribution >= 0.6 is 0 Å². The zero-order valence-electron chi connectivity index (χ0n) is 10.5. The van der Waals surface area contributed by atoms with E-state index < -0.39 is 0 Å². The Morgan fingerprint density at radius 2 is 2.11 bits per heavy atom. The van der Waals surface area contributed by atoms with E-state index in [1.165, 1.54) is 6.07 Å². The second kappa shape index (κ2) is 5.04. The summed E-state index contributed by atoms with van der Waals surface area (Å²) in [4.78, 5) is 10.6. The fourth-order valence-electron chi connectivity index (χ4n) is 2.39. The van der Waals surface area contributed by atoms with Crippen molar-refractivity contribution in [1.82, 2.24) is 0 Å². The molecule has 2 N–H and O–H groups in total. The van der Waals surface area contributed by atoms with Crippen LogP contribution in [0.25, 0.3) is 0 Å². The first kappa shape index (κ1) is 13.0. The van der Waals surface area contributed by atoms with Crippen molar-refractivity contribution in [2.45, 2.75) is 31.7 Å². The molecule has 0 aliphatic carbocycles. The van der Waals surface area contributed by atoms with Crippen molar-refractivity contribution in [1.29, 1.82) is 0 Å². The van der Waals surface area contributed by atoms with E-state index in [4.69, 9.17) is 10.5 Å². The van der Waals surface area contributed by atoms with Crippen molar-refractivity contribution in [2.24, 2.45) is 5.73 Å². The molecule has 5 nitrogen and oxygen atoms in total. The van der Waals surface area contributed by atoms with E-state index in [1.807, 2.05) is 6.07 Å². The van der Waals surface area contributed by atoms with Crippen molar-refractivity contribution in [2.75, 3.05) is 13.2 Å². The Labute approximate surface area is 106 Å². The lowest BCUT2D eigenvalue weighted by molar-refractivity contribution is -0.385. The quantitative estimate of drug-likeness (QED) is 0.657. The zero-order valence-corrected chi connectivity index (χ0v) is 10.5. The number of benzene rings is 1. The fraction of sp³-hybridized carbons (Fsp3) is 0.538. The highest BCUT2D eigenvalue weighted by molar-refractivity contribution is 5.45. The number of ether oxygens (including phenoxy) is 1. The van der Waals surface area contributed by atoms with Crippen molar-refractivity contribution in [3.05, 3.63) is 39.4 Å². The number of nitrogens with zero attached hydrogens (tertiary/aromatic N) is 1. The average Bonchev–Trinajstić information content (AvgIpc) is 2.32. The minimum absolute atomic E-state index is 0.170. The Morgan fingerprint density at radius 3 is 2.72 bits per heavy atom. The van der Waals surface area contributed by atoms with Crippen molar-refractivity contribution in [3.63, 3.8) is 0 Å². The zero-order chi connectivity index (χ0) is 13.2. The molecule has 1 fully saturated rings. The number of rotatable bonds is 3. The van der Waals surface area contributed by atoms with Gasteiger partial charge in [-0.3, -0.25) is 10.1 Å². The first-order valence-corrected chi connectivity index (χ1v) is 6.11. The van der Waals surface area contributed by atoms with Gasteiger partial charge in [-0.25, -0.2) is 0 Å². The van der Waals surface area contributed by atoms with E-state index in [2.05, 4.69) is 0 Å². The maximum absolute atomic E-state index is 10.9. The molecule has 0 atom stereocenters. The Kier molecular flexibility index (Phi) is 3.63. The van der Waals surface area contributed by atoms with E-state index >= 15 is 0 Å². The molecule has 0 unspecified atom stereocenters. The van der Waals surface area contributed by atoms with Gasteiger partial charge in [0.25, 0.3) is 5.69 Å². The molecule has 1 aromatic carbocycles. The number of hydrogen-bond acceptors (Lipinski definition) is 4. The fourth-order valence-corrected chi connectivity index (χ4v) is 2.39. The molecular formula is C13H18N2O3. The van der Waals surface area contributed by atoms with Gasteiger partial charge in [-0.1, -0.05) is 12.1 Å². The lowest BCUT2D eigenvalue weighted by Crippen LogP contribution is -2.47. The van der Waals surface area contributed by atoms with Crippen LogP contribution in [0.1, 0.15) is 24.0 Å². The third-order valence-electron chi connectivity index (χ3n) is 3.65. The van der Waals surface area contributed by atoms with Crippen molar-refractivity contribution in [3.8, 4) is 0 Å². The summed E-state index contributed by atoms with van der Waals surface area (Å²) < 4.78 is 5.31. The minimum atomic E-state index is -0.341. The van der Waals surface area contributed by atoms with E-state index in [9.17, 15) is 10.1 Å². The third kappa shape index (κ3) is 2.68. The summed E-state index contributed by atoms with van der Waals surface area (Å²) in [5, 5.41) is 10.9. The van der Waals surface area contributed by atoms with Crippen LogP contribution in [-0.2, 0) is 11.2 Å². The van der Waals surface area contributed by atoms with Crippen molar-refractivity contribution >= 4 is 5.69 Å². The second-order valence-corrected chi connectivity index (χ2v) is 4.97. The summed E-state index contributed by atoms with van der Waals surface area (Å²) in [6.45, 7) is 3.13. The summed E-state index contributed by atoms with van der Waals surface area (Å²) in [6, 6.07) is 5.18. The van der Waals surface area contributed by atoms with Gasteiger partial charge in [0.2, 0.25) is 0 Å². The largest absolute Gasteiger partial charge is 0.381 e. The molecule has 0 radical (unpaired) electrons. The molecule has 98 valence electrons. The maximum atomic E-state index is 10.9. The smallest absolute Gasteiger partial charge is 0.272 e. The van der Waals surface area contributed by atoms with Gasteiger partial charge >= 0.3 is 0 Å². The van der Waals surface area contributed by atoms with Crippen LogP contribution in [0.4, 0.5) is 5.69 Å². The highest BCUT2D eigenvalue weighted by Gasteiger charge is 2.29. The molecule has 1 heterocycles. The van der Waals surface area contributed by atoms with Gasteiger partial charge in [0.15, 0.2) is 0 Å². The molecule has 1 aromatic rings. The normalized spacial score (nSPS) is 18.6. The molecule has 0 spiro atoms. The van der Waals surface area contributed by atoms with Gasteiger partial charge in [0.1, 0.15) is 0 Å². The summed E-state index contributed by atoms with van der Waals surface area (Å²) >= 11 is 0. The van der Waals surface area contributed by atoms with Crippen LogP contribution in [0.15, 0.2) is 18.2 Å². The highest BCUT2D eigenvalue weighted by atomic mass is 16.6. The monoisotopic (exact) mass is 250 g/mol. The van der Waals surface area contributed by atoms with E-state index in [-0.39, 0.29) is 16.1 Å². The summed E-state index contributed by atoms with van der Waals surface area (Å²) in [5.74, 6) is 0. The summed E-state index contributed by atoms with van der Waals surface area (Å²) in [7, 11) is 0. The standard InChI is InChI=1S/C13H18N2O3/c1-10-11(3-2-4-12(10)15(16)17)9-13(14)5-7-18-8-6-13/h2-4H,5-9,14H2,1H3. The number of nitrogens with two attached hydrogens (primary N) is 1. The Bertz CT molecular complexity index is 454. The first-order valence-electron chi connectivity index (χ1n) is 6.11. The Balaban J connectivity index is 2.23. The predicted octanol–water partition coefficient (Wildman–Crippen LogP) is 1.95. The van der Waals surface area contributed by atoms with Gasteiger partial charge in [-0.2, -0.15) is 0 Å². The van der Waals surface area contributed by atoms with Crippen LogP contribution in [0.2, 0.25) is 0 Å². The number of nitro groups is 1. The van der Waals surface area contributed by atoms with E-state index in [0.717, 1.165) is 24.0 Å². The minimum Gasteiger partial charge on any atom is -0.381 e. The maximum Gasteiger partial charge on any atom is 0.272 e. The Hall–Kier alpha value is -1.46. The molecule has 0 amide bonds. The SMILES string of the molecule is Cc1c(CC2(N)CCOCC2)cccc1[N+](=O)[O-]. The summed E-state index contributed by atoms with van der Waals surface area (Å²) in [6.07, 6.45) is 2.27. The van der Waals surface area contributed by atoms with Crippen molar-refractivity contribution < 1.29 is 9.66 Å². The van der Waals surface area contributed by atoms with E-state index in [0.29, 0.717) is 19.6 Å². The number of nitro benzene ring substituents is 1. The molecule has 0 aromatic heterocycles. The van der Waals surface area contributed by atoms with Crippen LogP contribution in [0.5, 0.6) is 0 Å². The van der Waals surface area contributed by atoms with Gasteiger partial charge in [-0.15, -0.1) is 0 Å². The van der Waals surface area contributed by atoms with Gasteiger partial charge in [-0.05, 0) is 31.7 Å². The van der Waals surface area contributed by atoms with Crippen LogP contribution in [0.3, 0.4) is 0 Å². The average molecular weight is 250 g/mol. The molecular weight excluding hydrogens is 232 g/mol. The highest BCUT2D eigenvalue weighted by Crippen LogP contribution is 2.27. The summed E-state index contributed by atoms with van der Waals surface area (Å²) in [5.41, 5.74) is 7.90. The molecule has 18 heavy (non-hydrogen) atoms. The molecule has 0 saturated carbocycles. The molecule has 1 aliphatic heterocycles. The molecule has 5 heteroatoms. The molecule has 1 saturated heterocycles. The Morgan fingerprint density at radius 1 is 1.44 bits per heavy atom. The predicted molar refractivity (Wildman–Crippen MR) is 68.5 cm³/mol. The lowest BCUT2D eigenvalue weighted by Gasteiger charge is -2.33. The van der Waals surface area contributed by atoms with E-state index in [1.54, 1.807) is 13.0 Å². The second-order valence-electron chi connectivity index (χ2n) is 4.97. The van der Waals surface area contributed by atoms with Gasteiger partial charge in [0.05, 0.1) is 4.92 Å². The molecule has 2 rings (SSSR count). The van der Waals surface area contributed by atoms with Gasteiger partial charge in [0, 0.05) is 30.4 Å².